The number of hydrogen-bond donors (Lipinski definition) is 2. The third-order valence-electron chi connectivity index (χ3n) is 3.44. The van der Waals surface area contributed by atoms with Gasteiger partial charge in [-0.05, 0) is 11.6 Å². The summed E-state index contributed by atoms with van der Waals surface area (Å²) in [5.74, 6) is -2.35. The largest absolute Gasteiger partial charge is 0.347 e. The van der Waals surface area contributed by atoms with E-state index in [4.69, 9.17) is 0 Å². The van der Waals surface area contributed by atoms with Crippen LogP contribution in [0.4, 0.5) is 8.78 Å². The van der Waals surface area contributed by atoms with E-state index in [9.17, 15) is 13.6 Å². The minimum absolute atomic E-state index is 0. The number of amides is 1. The summed E-state index contributed by atoms with van der Waals surface area (Å²) in [4.78, 5) is 13.1. The lowest BCUT2D eigenvalue weighted by Crippen LogP contribution is -2.42. The second kappa shape index (κ2) is 5.87. The first-order chi connectivity index (χ1) is 9.05. The van der Waals surface area contributed by atoms with Crippen LogP contribution in [0.1, 0.15) is 18.0 Å². The molecule has 2 N–H and O–H groups in total. The molecule has 0 radical (unpaired) electrons. The van der Waals surface area contributed by atoms with Gasteiger partial charge in [0.25, 0.3) is 5.92 Å². The number of alkyl halides is 2. The molecule has 1 saturated heterocycles. The van der Waals surface area contributed by atoms with Crippen LogP contribution in [0.15, 0.2) is 29.2 Å². The van der Waals surface area contributed by atoms with Crippen molar-refractivity contribution in [3.63, 3.8) is 0 Å². The first-order valence-corrected chi connectivity index (χ1v) is 7.17. The number of carbonyl (C=O) groups excluding carboxylic acids is 1. The lowest BCUT2D eigenvalue weighted by molar-refractivity contribution is -0.124. The van der Waals surface area contributed by atoms with Crippen molar-refractivity contribution in [3.05, 3.63) is 29.8 Å². The molecule has 0 aliphatic carbocycles. The quantitative estimate of drug-likeness (QED) is 0.879. The third-order valence-corrected chi connectivity index (χ3v) is 4.63. The zero-order chi connectivity index (χ0) is 13.5. The van der Waals surface area contributed by atoms with E-state index in [0.717, 1.165) is 16.2 Å². The topological polar surface area (TPSA) is 41.1 Å². The second-order valence-electron chi connectivity index (χ2n) is 4.90. The van der Waals surface area contributed by atoms with E-state index in [1.807, 2.05) is 24.3 Å². The van der Waals surface area contributed by atoms with Crippen LogP contribution in [0.3, 0.4) is 0 Å². The average molecular weight is 321 g/mol. The molecule has 2 atom stereocenters. The van der Waals surface area contributed by atoms with Gasteiger partial charge in [0.15, 0.2) is 0 Å². The third kappa shape index (κ3) is 3.07. The molecule has 0 bridgehead atoms. The summed E-state index contributed by atoms with van der Waals surface area (Å²) >= 11 is 1.68. The molecule has 3 rings (SSSR count). The van der Waals surface area contributed by atoms with E-state index in [1.165, 1.54) is 0 Å². The lowest BCUT2D eigenvalue weighted by Gasteiger charge is -2.16. The van der Waals surface area contributed by atoms with Gasteiger partial charge >= 0.3 is 0 Å². The van der Waals surface area contributed by atoms with Gasteiger partial charge in [-0.1, -0.05) is 18.2 Å². The predicted octanol–water partition coefficient (Wildman–Crippen LogP) is 2.37. The number of halogens is 3. The molecule has 1 amide bonds. The summed E-state index contributed by atoms with van der Waals surface area (Å²) in [6.45, 7) is -0.416. The van der Waals surface area contributed by atoms with Crippen molar-refractivity contribution in [1.29, 1.82) is 0 Å². The maximum absolute atomic E-state index is 13.1. The van der Waals surface area contributed by atoms with Crippen molar-refractivity contribution in [2.75, 3.05) is 12.3 Å². The van der Waals surface area contributed by atoms with Crippen molar-refractivity contribution in [3.8, 4) is 0 Å². The molecule has 2 unspecified atom stereocenters. The zero-order valence-corrected chi connectivity index (χ0v) is 12.2. The Morgan fingerprint density at radius 1 is 1.40 bits per heavy atom. The smallest absolute Gasteiger partial charge is 0.262 e. The minimum Gasteiger partial charge on any atom is -0.347 e. The van der Waals surface area contributed by atoms with Crippen molar-refractivity contribution in [2.24, 2.45) is 0 Å². The van der Waals surface area contributed by atoms with Gasteiger partial charge in [-0.3, -0.25) is 10.1 Å². The summed E-state index contributed by atoms with van der Waals surface area (Å²) in [7, 11) is 0. The Balaban J connectivity index is 0.00000147. The first kappa shape index (κ1) is 15.5. The SMILES string of the molecule is Cl.O=C(NC1CSc2ccccc21)C1CC(F)(F)CN1. The van der Waals surface area contributed by atoms with Gasteiger partial charge in [0.1, 0.15) is 0 Å². The number of nitrogens with one attached hydrogen (secondary N) is 2. The van der Waals surface area contributed by atoms with E-state index in [2.05, 4.69) is 10.6 Å². The molecule has 2 heterocycles. The molecule has 110 valence electrons. The van der Waals surface area contributed by atoms with Crippen LogP contribution in [0.25, 0.3) is 0 Å². The highest BCUT2D eigenvalue weighted by Gasteiger charge is 2.42. The highest BCUT2D eigenvalue weighted by molar-refractivity contribution is 7.99. The Morgan fingerprint density at radius 2 is 2.15 bits per heavy atom. The standard InChI is InChI=1S/C13H14F2N2OS.ClH/c14-13(15)5-9(16-7-13)12(18)17-10-6-19-11-4-2-1-3-8(10)11;/h1-4,9-10,16H,5-7H2,(H,17,18);1H. The highest BCUT2D eigenvalue weighted by atomic mass is 35.5. The molecule has 2 aliphatic rings. The monoisotopic (exact) mass is 320 g/mol. The molecule has 7 heteroatoms. The van der Waals surface area contributed by atoms with E-state index in [-0.39, 0.29) is 24.4 Å². The first-order valence-electron chi connectivity index (χ1n) is 6.18. The molecule has 0 saturated carbocycles. The summed E-state index contributed by atoms with van der Waals surface area (Å²) in [6.07, 6.45) is -0.416. The number of benzene rings is 1. The Morgan fingerprint density at radius 3 is 2.85 bits per heavy atom. The summed E-state index contributed by atoms with van der Waals surface area (Å²) in [5.41, 5.74) is 1.07. The minimum atomic E-state index is -2.77. The summed E-state index contributed by atoms with van der Waals surface area (Å²) in [5, 5.41) is 5.43. The van der Waals surface area contributed by atoms with Crippen LogP contribution in [0, 0.1) is 0 Å². The molecule has 1 aromatic rings. The second-order valence-corrected chi connectivity index (χ2v) is 5.97. The molecule has 1 fully saturated rings. The van der Waals surface area contributed by atoms with Gasteiger partial charge < -0.3 is 5.32 Å². The molecular weight excluding hydrogens is 306 g/mol. The number of hydrogen-bond acceptors (Lipinski definition) is 3. The summed E-state index contributed by atoms with van der Waals surface area (Å²) in [6, 6.07) is 6.99. The van der Waals surface area contributed by atoms with Gasteiger partial charge in [-0.25, -0.2) is 8.78 Å². The van der Waals surface area contributed by atoms with Crippen molar-refractivity contribution in [1.82, 2.24) is 10.6 Å². The number of thioether (sulfide) groups is 1. The van der Waals surface area contributed by atoms with Gasteiger partial charge in [0.2, 0.25) is 5.91 Å². The van der Waals surface area contributed by atoms with Gasteiger partial charge in [0, 0.05) is 17.1 Å². The Hall–Kier alpha value is -0.850. The summed E-state index contributed by atoms with van der Waals surface area (Å²) < 4.78 is 26.1. The number of carbonyl (C=O) groups is 1. The van der Waals surface area contributed by atoms with E-state index < -0.39 is 24.9 Å². The fourth-order valence-corrected chi connectivity index (χ4v) is 3.62. The Bertz CT molecular complexity index is 515. The maximum atomic E-state index is 13.1. The molecular formula is C13H15ClF2N2OS. The lowest BCUT2D eigenvalue weighted by atomic mass is 10.1. The Labute approximate surface area is 126 Å². The van der Waals surface area contributed by atoms with Crippen LogP contribution in [0.2, 0.25) is 0 Å². The zero-order valence-electron chi connectivity index (χ0n) is 10.6. The molecule has 3 nitrogen and oxygen atoms in total. The number of rotatable bonds is 2. The van der Waals surface area contributed by atoms with Crippen LogP contribution in [-0.2, 0) is 4.79 Å². The predicted molar refractivity (Wildman–Crippen MR) is 76.7 cm³/mol. The highest BCUT2D eigenvalue weighted by Crippen LogP contribution is 2.38. The Kier molecular flexibility index (Phi) is 4.56. The van der Waals surface area contributed by atoms with E-state index in [0.29, 0.717) is 0 Å². The van der Waals surface area contributed by atoms with Crippen LogP contribution >= 0.6 is 24.2 Å². The van der Waals surface area contributed by atoms with Crippen molar-refractivity contribution < 1.29 is 13.6 Å². The van der Waals surface area contributed by atoms with E-state index >= 15 is 0 Å². The van der Waals surface area contributed by atoms with Gasteiger partial charge in [-0.15, -0.1) is 24.2 Å². The molecule has 0 spiro atoms. The van der Waals surface area contributed by atoms with Gasteiger partial charge in [-0.2, -0.15) is 0 Å². The molecule has 2 aliphatic heterocycles. The fraction of sp³-hybridized carbons (Fsp3) is 0.462. The molecule has 20 heavy (non-hydrogen) atoms. The van der Waals surface area contributed by atoms with E-state index in [1.54, 1.807) is 11.8 Å². The average Bonchev–Trinajstić information content (AvgIpc) is 2.94. The van der Waals surface area contributed by atoms with Crippen LogP contribution < -0.4 is 10.6 Å². The normalized spacial score (nSPS) is 26.7. The van der Waals surface area contributed by atoms with Crippen molar-refractivity contribution >= 4 is 30.1 Å². The maximum Gasteiger partial charge on any atom is 0.262 e. The van der Waals surface area contributed by atoms with Gasteiger partial charge in [0.05, 0.1) is 18.6 Å². The van der Waals surface area contributed by atoms with Crippen LogP contribution in [0.5, 0.6) is 0 Å². The molecule has 0 aromatic heterocycles. The van der Waals surface area contributed by atoms with Crippen LogP contribution in [-0.4, -0.2) is 30.2 Å². The molecule has 1 aromatic carbocycles. The fourth-order valence-electron chi connectivity index (χ4n) is 2.46. The number of fused-ring (bicyclic) bond motifs is 1. The van der Waals surface area contributed by atoms with Crippen molar-refractivity contribution in [2.45, 2.75) is 29.3 Å².